The summed E-state index contributed by atoms with van der Waals surface area (Å²) in [5.74, 6) is 0.797. The largest absolute Gasteiger partial charge is 0.351 e. The van der Waals surface area contributed by atoms with Crippen LogP contribution in [0, 0.1) is 0 Å². The van der Waals surface area contributed by atoms with Gasteiger partial charge in [-0.15, -0.1) is 5.10 Å². The van der Waals surface area contributed by atoms with Crippen LogP contribution in [0.25, 0.3) is 11.2 Å². The van der Waals surface area contributed by atoms with Gasteiger partial charge in [0, 0.05) is 32.1 Å². The highest BCUT2D eigenvalue weighted by atomic mass is 16.2. The number of nitrogens with one attached hydrogen (secondary N) is 1. The fraction of sp³-hybridized carbons (Fsp3) is 0.500. The summed E-state index contributed by atoms with van der Waals surface area (Å²) in [4.78, 5) is 25.3. The van der Waals surface area contributed by atoms with Crippen molar-refractivity contribution in [2.45, 2.75) is 38.8 Å². The number of carbonyl (C=O) groups excluding carboxylic acids is 1. The van der Waals surface area contributed by atoms with Gasteiger partial charge in [-0.25, -0.2) is 9.67 Å². The molecule has 2 aromatic heterocycles. The number of nitrogens with zero attached hydrogens (tertiary/aromatic N) is 7. The molecule has 9 nitrogen and oxygen atoms in total. The lowest BCUT2D eigenvalue weighted by Gasteiger charge is -2.32. The van der Waals surface area contributed by atoms with Crippen molar-refractivity contribution < 1.29 is 4.79 Å². The van der Waals surface area contributed by atoms with Crippen LogP contribution in [0.1, 0.15) is 26.2 Å². The summed E-state index contributed by atoms with van der Waals surface area (Å²) in [6, 6.07) is 0.242. The molecule has 0 saturated carbocycles. The third-order valence-electron chi connectivity index (χ3n) is 5.25. The highest BCUT2D eigenvalue weighted by Crippen LogP contribution is 2.17. The highest BCUT2D eigenvalue weighted by Gasteiger charge is 2.23. The quantitative estimate of drug-likeness (QED) is 0.617. The van der Waals surface area contributed by atoms with Gasteiger partial charge < -0.3 is 15.1 Å². The number of anilines is 1. The predicted octanol–water partition coefficient (Wildman–Crippen LogP) is 2.26. The Morgan fingerprint density at radius 2 is 2.13 bits per heavy atom. The molecule has 9 heteroatoms. The number of likely N-dealkylation sites (tertiary alicyclic amines) is 1. The molecular weight excluding hydrogens is 392 g/mol. The molecule has 0 aromatic carbocycles. The van der Waals surface area contributed by atoms with Crippen molar-refractivity contribution >= 4 is 23.0 Å². The van der Waals surface area contributed by atoms with Gasteiger partial charge in [0.25, 0.3) is 0 Å². The molecule has 1 amide bonds. The molecular formula is C22H32N8O. The van der Waals surface area contributed by atoms with Crippen LogP contribution in [-0.2, 0) is 11.3 Å². The molecule has 0 atom stereocenters. The minimum Gasteiger partial charge on any atom is -0.351 e. The molecule has 0 unspecified atom stereocenters. The van der Waals surface area contributed by atoms with E-state index in [4.69, 9.17) is 0 Å². The van der Waals surface area contributed by atoms with Crippen LogP contribution in [-0.4, -0.2) is 80.4 Å². The van der Waals surface area contributed by atoms with Gasteiger partial charge in [-0.3, -0.25) is 4.79 Å². The van der Waals surface area contributed by atoms with Crippen molar-refractivity contribution in [1.29, 1.82) is 0 Å². The third kappa shape index (κ3) is 6.45. The van der Waals surface area contributed by atoms with E-state index in [1.807, 2.05) is 49.0 Å². The second kappa shape index (κ2) is 10.8. The first-order chi connectivity index (χ1) is 15.0. The standard InChI is InChI=1S/C22H32N8O/c1-5-7-17(2)8-6-12-30-21-19(26-27-30)16-23-22(25-21)24-18-9-14-29(15-10-18)20(31)11-13-28(3)4/h5-8,16,18H,1,9-15H2,2-4H3,(H,23,24,25). The molecule has 166 valence electrons. The zero-order chi connectivity index (χ0) is 22.2. The molecule has 1 N–H and O–H groups in total. The summed E-state index contributed by atoms with van der Waals surface area (Å²) in [6.45, 7) is 8.59. The van der Waals surface area contributed by atoms with Gasteiger partial charge in [0.05, 0.1) is 12.7 Å². The van der Waals surface area contributed by atoms with E-state index < -0.39 is 0 Å². The van der Waals surface area contributed by atoms with Crippen molar-refractivity contribution in [2.75, 3.05) is 39.0 Å². The van der Waals surface area contributed by atoms with E-state index in [1.165, 1.54) is 0 Å². The Balaban J connectivity index is 1.57. The van der Waals surface area contributed by atoms with Gasteiger partial charge in [0.1, 0.15) is 0 Å². The van der Waals surface area contributed by atoms with E-state index in [0.29, 0.717) is 30.1 Å². The first-order valence-electron chi connectivity index (χ1n) is 10.7. The molecule has 1 aliphatic heterocycles. The van der Waals surface area contributed by atoms with Crippen molar-refractivity contribution in [3.8, 4) is 0 Å². The Morgan fingerprint density at radius 3 is 2.84 bits per heavy atom. The average Bonchev–Trinajstić information content (AvgIpc) is 3.15. The molecule has 3 rings (SSSR count). The topological polar surface area (TPSA) is 92.1 Å². The van der Waals surface area contributed by atoms with Gasteiger partial charge in [0.2, 0.25) is 11.9 Å². The smallest absolute Gasteiger partial charge is 0.225 e. The van der Waals surface area contributed by atoms with Crippen LogP contribution < -0.4 is 5.32 Å². The Kier molecular flexibility index (Phi) is 7.88. The molecule has 3 heterocycles. The number of carbonyl (C=O) groups is 1. The van der Waals surface area contributed by atoms with Crippen molar-refractivity contribution in [3.05, 3.63) is 42.7 Å². The third-order valence-corrected chi connectivity index (χ3v) is 5.25. The predicted molar refractivity (Wildman–Crippen MR) is 123 cm³/mol. The number of aromatic nitrogens is 5. The van der Waals surface area contributed by atoms with Crippen LogP contribution in [0.5, 0.6) is 0 Å². The SMILES string of the molecule is C=CC=C(C)C=CCn1nnc2cnc(NC3CCN(C(=O)CCN(C)C)CC3)nc21. The van der Waals surface area contributed by atoms with Crippen LogP contribution in [0.3, 0.4) is 0 Å². The summed E-state index contributed by atoms with van der Waals surface area (Å²) in [5.41, 5.74) is 2.48. The first kappa shape index (κ1) is 22.6. The number of piperidine rings is 1. The van der Waals surface area contributed by atoms with Crippen molar-refractivity contribution in [1.82, 2.24) is 34.8 Å². The maximum Gasteiger partial charge on any atom is 0.225 e. The van der Waals surface area contributed by atoms with E-state index >= 15 is 0 Å². The Bertz CT molecular complexity index is 954. The molecule has 0 aliphatic carbocycles. The van der Waals surface area contributed by atoms with Crippen LogP contribution in [0.15, 0.2) is 42.7 Å². The zero-order valence-corrected chi connectivity index (χ0v) is 18.7. The van der Waals surface area contributed by atoms with Gasteiger partial charge in [-0.1, -0.05) is 41.7 Å². The number of fused-ring (bicyclic) bond motifs is 1. The Morgan fingerprint density at radius 1 is 1.35 bits per heavy atom. The summed E-state index contributed by atoms with van der Waals surface area (Å²) >= 11 is 0. The van der Waals surface area contributed by atoms with E-state index in [0.717, 1.165) is 38.0 Å². The van der Waals surface area contributed by atoms with Crippen LogP contribution in [0.2, 0.25) is 0 Å². The highest BCUT2D eigenvalue weighted by molar-refractivity contribution is 5.76. The maximum atomic E-state index is 12.3. The van der Waals surface area contributed by atoms with Gasteiger partial charge in [-0.2, -0.15) is 4.98 Å². The first-order valence-corrected chi connectivity index (χ1v) is 10.7. The fourth-order valence-corrected chi connectivity index (χ4v) is 3.48. The number of allylic oxidation sites excluding steroid dienone is 5. The average molecular weight is 425 g/mol. The van der Waals surface area contributed by atoms with Gasteiger partial charge >= 0.3 is 0 Å². The molecule has 0 spiro atoms. The zero-order valence-electron chi connectivity index (χ0n) is 18.7. The lowest BCUT2D eigenvalue weighted by molar-refractivity contribution is -0.132. The monoisotopic (exact) mass is 424 g/mol. The molecule has 1 fully saturated rings. The second-order valence-electron chi connectivity index (χ2n) is 8.08. The summed E-state index contributed by atoms with van der Waals surface area (Å²) in [5, 5.41) is 11.7. The van der Waals surface area contributed by atoms with E-state index in [-0.39, 0.29) is 11.9 Å². The molecule has 0 radical (unpaired) electrons. The molecule has 2 aromatic rings. The fourth-order valence-electron chi connectivity index (χ4n) is 3.48. The summed E-state index contributed by atoms with van der Waals surface area (Å²) in [6.07, 6.45) is 11.8. The number of hydrogen-bond acceptors (Lipinski definition) is 7. The lowest BCUT2D eigenvalue weighted by atomic mass is 10.0. The van der Waals surface area contributed by atoms with Crippen LogP contribution >= 0.6 is 0 Å². The lowest BCUT2D eigenvalue weighted by Crippen LogP contribution is -2.43. The summed E-state index contributed by atoms with van der Waals surface area (Å²) < 4.78 is 1.76. The molecule has 1 aliphatic rings. The number of hydrogen-bond donors (Lipinski definition) is 1. The van der Waals surface area contributed by atoms with Crippen molar-refractivity contribution in [2.24, 2.45) is 0 Å². The number of amides is 1. The van der Waals surface area contributed by atoms with Gasteiger partial charge in [0.15, 0.2) is 11.2 Å². The summed E-state index contributed by atoms with van der Waals surface area (Å²) in [7, 11) is 3.97. The Labute approximate surface area is 183 Å². The molecule has 0 bridgehead atoms. The maximum absolute atomic E-state index is 12.3. The van der Waals surface area contributed by atoms with Crippen LogP contribution in [0.4, 0.5) is 5.95 Å². The van der Waals surface area contributed by atoms with E-state index in [1.54, 1.807) is 17.0 Å². The second-order valence-corrected chi connectivity index (χ2v) is 8.08. The molecule has 1 saturated heterocycles. The minimum absolute atomic E-state index is 0.228. The Hall–Kier alpha value is -3.07. The van der Waals surface area contributed by atoms with Gasteiger partial charge in [-0.05, 0) is 33.9 Å². The normalized spacial score (nSPS) is 15.9. The van der Waals surface area contributed by atoms with E-state index in [9.17, 15) is 4.79 Å². The van der Waals surface area contributed by atoms with Crippen molar-refractivity contribution in [3.63, 3.8) is 0 Å². The molecule has 31 heavy (non-hydrogen) atoms. The number of rotatable bonds is 9. The van der Waals surface area contributed by atoms with E-state index in [2.05, 4.69) is 32.2 Å². The minimum atomic E-state index is 0.228.